The zero-order valence-corrected chi connectivity index (χ0v) is 17.7. The number of allylic oxidation sites excluding steroid dienone is 2. The van der Waals surface area contributed by atoms with Crippen LogP contribution in [0, 0.1) is 0 Å². The van der Waals surface area contributed by atoms with Crippen LogP contribution in [0.3, 0.4) is 0 Å². The number of halogens is 3. The number of hydrogen-bond donors (Lipinski definition) is 0. The predicted octanol–water partition coefficient (Wildman–Crippen LogP) is 4.74. The standard InChI is InChI=1S/C22H17F3N2O4S/c1-30-20(28)17-5-3-4-12-27(19(17)21(29)31-2)15-7-9-16(10-8-15)32-18-11-6-14(13-26-18)22(23,24)25/h3-13H,1-2H3. The van der Waals surface area contributed by atoms with Gasteiger partial charge in [0.15, 0.2) is 0 Å². The molecule has 1 aliphatic heterocycles. The highest BCUT2D eigenvalue weighted by atomic mass is 32.2. The van der Waals surface area contributed by atoms with E-state index < -0.39 is 23.7 Å². The lowest BCUT2D eigenvalue weighted by Gasteiger charge is -2.23. The summed E-state index contributed by atoms with van der Waals surface area (Å²) in [6.45, 7) is 0. The molecule has 0 amide bonds. The predicted molar refractivity (Wildman–Crippen MR) is 112 cm³/mol. The third-order valence-electron chi connectivity index (χ3n) is 4.29. The Kier molecular flexibility index (Phi) is 7.04. The van der Waals surface area contributed by atoms with Crippen molar-refractivity contribution >= 4 is 29.4 Å². The Morgan fingerprint density at radius 1 is 0.969 bits per heavy atom. The van der Waals surface area contributed by atoms with E-state index in [-0.39, 0.29) is 11.3 Å². The van der Waals surface area contributed by atoms with Crippen molar-refractivity contribution in [3.05, 3.63) is 83.9 Å². The lowest BCUT2D eigenvalue weighted by atomic mass is 10.1. The van der Waals surface area contributed by atoms with E-state index in [4.69, 9.17) is 9.47 Å². The van der Waals surface area contributed by atoms with Crippen LogP contribution in [-0.4, -0.2) is 31.1 Å². The van der Waals surface area contributed by atoms with Crippen LogP contribution < -0.4 is 4.90 Å². The van der Waals surface area contributed by atoms with Gasteiger partial charge < -0.3 is 14.4 Å². The molecular weight excluding hydrogens is 445 g/mol. The van der Waals surface area contributed by atoms with Crippen LogP contribution in [0.5, 0.6) is 0 Å². The normalized spacial score (nSPS) is 13.7. The van der Waals surface area contributed by atoms with Crippen LogP contribution in [0.25, 0.3) is 0 Å². The second-order valence-corrected chi connectivity index (χ2v) is 7.39. The fourth-order valence-corrected chi connectivity index (χ4v) is 3.52. The summed E-state index contributed by atoms with van der Waals surface area (Å²) in [6.07, 6.45) is 2.63. The summed E-state index contributed by atoms with van der Waals surface area (Å²) >= 11 is 1.18. The molecule has 32 heavy (non-hydrogen) atoms. The molecule has 6 nitrogen and oxygen atoms in total. The van der Waals surface area contributed by atoms with E-state index in [1.165, 1.54) is 43.0 Å². The number of nitrogens with zero attached hydrogens (tertiary/aromatic N) is 2. The molecule has 166 valence electrons. The van der Waals surface area contributed by atoms with E-state index in [0.29, 0.717) is 10.7 Å². The van der Waals surface area contributed by atoms with E-state index in [2.05, 4.69) is 4.98 Å². The highest BCUT2D eigenvalue weighted by Crippen LogP contribution is 2.33. The lowest BCUT2D eigenvalue weighted by Crippen LogP contribution is -2.26. The minimum absolute atomic E-state index is 0.0193. The molecule has 0 spiro atoms. The number of ether oxygens (including phenoxy) is 2. The van der Waals surface area contributed by atoms with Crippen molar-refractivity contribution in [2.24, 2.45) is 0 Å². The number of rotatable bonds is 5. The van der Waals surface area contributed by atoms with Gasteiger partial charge in [0.25, 0.3) is 0 Å². The van der Waals surface area contributed by atoms with E-state index >= 15 is 0 Å². The largest absolute Gasteiger partial charge is 0.465 e. The van der Waals surface area contributed by atoms with Crippen molar-refractivity contribution in [1.82, 2.24) is 4.98 Å². The number of pyridine rings is 1. The molecule has 0 N–H and O–H groups in total. The van der Waals surface area contributed by atoms with Crippen molar-refractivity contribution in [1.29, 1.82) is 0 Å². The van der Waals surface area contributed by atoms with Crippen molar-refractivity contribution in [2.75, 3.05) is 19.1 Å². The number of carbonyl (C=O) groups is 2. The number of benzene rings is 1. The Morgan fingerprint density at radius 3 is 2.22 bits per heavy atom. The van der Waals surface area contributed by atoms with Gasteiger partial charge in [-0.25, -0.2) is 14.6 Å². The number of aromatic nitrogens is 1. The number of hydrogen-bond acceptors (Lipinski definition) is 7. The smallest absolute Gasteiger partial charge is 0.417 e. The highest BCUT2D eigenvalue weighted by Gasteiger charge is 2.30. The third kappa shape index (κ3) is 5.20. The first kappa shape index (κ1) is 23.1. The fraction of sp³-hybridized carbons (Fsp3) is 0.136. The molecule has 0 saturated carbocycles. The number of methoxy groups -OCH3 is 2. The second kappa shape index (κ2) is 9.73. The maximum atomic E-state index is 12.7. The molecular formula is C22H17F3N2O4S. The number of esters is 2. The van der Waals surface area contributed by atoms with Crippen LogP contribution in [0.1, 0.15) is 5.56 Å². The maximum Gasteiger partial charge on any atom is 0.417 e. The van der Waals surface area contributed by atoms with Crippen molar-refractivity contribution in [2.45, 2.75) is 16.1 Å². The van der Waals surface area contributed by atoms with E-state index in [9.17, 15) is 22.8 Å². The first-order valence-electron chi connectivity index (χ1n) is 9.10. The summed E-state index contributed by atoms with van der Waals surface area (Å²) in [7, 11) is 2.42. The monoisotopic (exact) mass is 462 g/mol. The number of anilines is 1. The highest BCUT2D eigenvalue weighted by molar-refractivity contribution is 7.99. The average molecular weight is 462 g/mol. The molecule has 1 aromatic heterocycles. The number of alkyl halides is 3. The summed E-state index contributed by atoms with van der Waals surface area (Å²) in [5.74, 6) is -1.43. The molecule has 0 atom stereocenters. The third-order valence-corrected chi connectivity index (χ3v) is 5.25. The van der Waals surface area contributed by atoms with Gasteiger partial charge >= 0.3 is 18.1 Å². The van der Waals surface area contributed by atoms with E-state index in [0.717, 1.165) is 17.2 Å². The summed E-state index contributed by atoms with van der Waals surface area (Å²) < 4.78 is 47.7. The molecule has 0 saturated heterocycles. The second-order valence-electron chi connectivity index (χ2n) is 6.29. The molecule has 1 aromatic carbocycles. The van der Waals surface area contributed by atoms with Gasteiger partial charge in [-0.3, -0.25) is 0 Å². The summed E-state index contributed by atoms with van der Waals surface area (Å²) in [6, 6.07) is 9.10. The van der Waals surface area contributed by atoms with Crippen molar-refractivity contribution in [3.8, 4) is 0 Å². The SMILES string of the molecule is COC(=O)C1=C(C(=O)OC)N(c2ccc(Sc3ccc(C(F)(F)F)cn3)cc2)C=CC=C1. The zero-order chi connectivity index (χ0) is 23.3. The Balaban J connectivity index is 1.88. The number of carbonyl (C=O) groups excluding carboxylic acids is 2. The molecule has 2 heterocycles. The van der Waals surface area contributed by atoms with Crippen LogP contribution in [0.15, 0.2) is 88.2 Å². The first-order valence-corrected chi connectivity index (χ1v) is 9.92. The Bertz CT molecular complexity index is 1090. The molecule has 1 aliphatic rings. The Labute approximate surface area is 186 Å². The Hall–Kier alpha value is -3.53. The van der Waals surface area contributed by atoms with Crippen molar-refractivity contribution < 1.29 is 32.2 Å². The van der Waals surface area contributed by atoms with Crippen LogP contribution in [-0.2, 0) is 25.2 Å². The molecule has 0 fully saturated rings. The average Bonchev–Trinajstić information content (AvgIpc) is 3.01. The van der Waals surface area contributed by atoms with Gasteiger partial charge in [-0.1, -0.05) is 17.8 Å². The maximum absolute atomic E-state index is 12.7. The summed E-state index contributed by atoms with van der Waals surface area (Å²) in [5, 5.41) is 0.396. The summed E-state index contributed by atoms with van der Waals surface area (Å²) in [5.41, 5.74) is -0.260. The van der Waals surface area contributed by atoms with Gasteiger partial charge in [0.2, 0.25) is 0 Å². The first-order chi connectivity index (χ1) is 15.2. The molecule has 0 bridgehead atoms. The minimum Gasteiger partial charge on any atom is -0.465 e. The fourth-order valence-electron chi connectivity index (χ4n) is 2.77. The van der Waals surface area contributed by atoms with Gasteiger partial charge in [0.05, 0.1) is 25.4 Å². The van der Waals surface area contributed by atoms with Crippen LogP contribution >= 0.6 is 11.8 Å². The van der Waals surface area contributed by atoms with Crippen molar-refractivity contribution in [3.63, 3.8) is 0 Å². The zero-order valence-electron chi connectivity index (χ0n) is 16.9. The minimum atomic E-state index is -4.44. The van der Waals surface area contributed by atoms with Crippen LogP contribution in [0.4, 0.5) is 18.9 Å². The van der Waals surface area contributed by atoms with E-state index in [1.807, 2.05) is 0 Å². The van der Waals surface area contributed by atoms with Gasteiger partial charge in [-0.2, -0.15) is 13.2 Å². The van der Waals surface area contributed by atoms with Crippen LogP contribution in [0.2, 0.25) is 0 Å². The summed E-state index contributed by atoms with van der Waals surface area (Å²) in [4.78, 5) is 30.7. The molecule has 0 aliphatic carbocycles. The molecule has 3 rings (SSSR count). The Morgan fingerprint density at radius 2 is 1.66 bits per heavy atom. The molecule has 0 unspecified atom stereocenters. The van der Waals surface area contributed by atoms with Gasteiger partial charge in [0.1, 0.15) is 10.7 Å². The molecule has 0 radical (unpaired) electrons. The quantitative estimate of drug-likeness (QED) is 0.595. The molecule has 2 aromatic rings. The van der Waals surface area contributed by atoms with Gasteiger partial charge in [0, 0.05) is 23.0 Å². The van der Waals surface area contributed by atoms with E-state index in [1.54, 1.807) is 42.6 Å². The van der Waals surface area contributed by atoms with Gasteiger partial charge in [-0.15, -0.1) is 0 Å². The topological polar surface area (TPSA) is 68.7 Å². The molecule has 10 heteroatoms. The lowest BCUT2D eigenvalue weighted by molar-refractivity contribution is -0.139. The van der Waals surface area contributed by atoms with Gasteiger partial charge in [-0.05, 0) is 48.6 Å².